The molecule has 0 saturated heterocycles. The van der Waals surface area contributed by atoms with Gasteiger partial charge >= 0.3 is 0 Å². The SMILES string of the molecule is CC(C)C1CCSC(Nc2cc(Cl)ccc2Cl)=N1. The highest BCUT2D eigenvalue weighted by molar-refractivity contribution is 8.14. The summed E-state index contributed by atoms with van der Waals surface area (Å²) in [4.78, 5) is 4.71. The molecule has 1 aromatic carbocycles. The molecule has 1 unspecified atom stereocenters. The summed E-state index contributed by atoms with van der Waals surface area (Å²) >= 11 is 13.8. The van der Waals surface area contributed by atoms with Crippen LogP contribution in [0.5, 0.6) is 0 Å². The standard InChI is InChI=1S/C13H16Cl2N2S/c1-8(2)11-5-6-18-13(16-11)17-12-7-9(14)3-4-10(12)15/h3-4,7-8,11H,5-6H2,1-2H3,(H,16,17). The van der Waals surface area contributed by atoms with Crippen molar-refractivity contribution in [2.24, 2.45) is 10.9 Å². The Morgan fingerprint density at radius 2 is 2.17 bits per heavy atom. The Bertz CT molecular complexity index is 460. The van der Waals surface area contributed by atoms with E-state index < -0.39 is 0 Å². The van der Waals surface area contributed by atoms with Crippen LogP contribution in [0.3, 0.4) is 0 Å². The molecule has 2 nitrogen and oxygen atoms in total. The van der Waals surface area contributed by atoms with Crippen LogP contribution in [0.15, 0.2) is 23.2 Å². The third-order valence-electron chi connectivity index (χ3n) is 2.88. The summed E-state index contributed by atoms with van der Waals surface area (Å²) in [6.07, 6.45) is 1.14. The van der Waals surface area contributed by atoms with Crippen molar-refractivity contribution in [1.82, 2.24) is 0 Å². The Morgan fingerprint density at radius 1 is 1.39 bits per heavy atom. The Kier molecular flexibility index (Phi) is 4.82. The van der Waals surface area contributed by atoms with Gasteiger partial charge < -0.3 is 5.32 Å². The number of thioether (sulfide) groups is 1. The van der Waals surface area contributed by atoms with Gasteiger partial charge in [0, 0.05) is 10.8 Å². The molecule has 0 fully saturated rings. The number of hydrogen-bond acceptors (Lipinski definition) is 3. The highest BCUT2D eigenvalue weighted by atomic mass is 35.5. The Morgan fingerprint density at radius 3 is 2.89 bits per heavy atom. The van der Waals surface area contributed by atoms with Crippen LogP contribution in [0.25, 0.3) is 0 Å². The molecule has 0 aromatic heterocycles. The first-order valence-electron chi connectivity index (χ1n) is 5.99. The number of aliphatic imine (C=N–C) groups is 1. The van der Waals surface area contributed by atoms with E-state index in [0.29, 0.717) is 22.0 Å². The highest BCUT2D eigenvalue weighted by Crippen LogP contribution is 2.29. The van der Waals surface area contributed by atoms with Crippen LogP contribution in [-0.4, -0.2) is 17.0 Å². The van der Waals surface area contributed by atoms with Crippen molar-refractivity contribution >= 4 is 45.8 Å². The highest BCUT2D eigenvalue weighted by Gasteiger charge is 2.19. The smallest absolute Gasteiger partial charge is 0.161 e. The molecular weight excluding hydrogens is 287 g/mol. The van der Waals surface area contributed by atoms with E-state index in [0.717, 1.165) is 23.0 Å². The first-order chi connectivity index (χ1) is 8.56. The third kappa shape index (κ3) is 3.56. The average molecular weight is 303 g/mol. The summed E-state index contributed by atoms with van der Waals surface area (Å²) in [5.74, 6) is 1.66. The molecule has 2 rings (SSSR count). The summed E-state index contributed by atoms with van der Waals surface area (Å²) in [7, 11) is 0. The summed E-state index contributed by atoms with van der Waals surface area (Å²) in [6.45, 7) is 4.41. The lowest BCUT2D eigenvalue weighted by atomic mass is 10.0. The van der Waals surface area contributed by atoms with Crippen molar-refractivity contribution in [2.75, 3.05) is 11.1 Å². The molecule has 98 valence electrons. The van der Waals surface area contributed by atoms with Crippen molar-refractivity contribution in [3.8, 4) is 0 Å². The number of rotatable bonds is 2. The van der Waals surface area contributed by atoms with Crippen molar-refractivity contribution in [1.29, 1.82) is 0 Å². The number of nitrogens with one attached hydrogen (secondary N) is 1. The molecule has 0 amide bonds. The molecule has 0 radical (unpaired) electrons. The zero-order chi connectivity index (χ0) is 13.1. The maximum atomic E-state index is 6.13. The second-order valence-electron chi connectivity index (χ2n) is 4.63. The average Bonchev–Trinajstić information content (AvgIpc) is 2.34. The number of benzene rings is 1. The Hall–Kier alpha value is -0.380. The molecule has 1 aliphatic rings. The van der Waals surface area contributed by atoms with E-state index in [9.17, 15) is 0 Å². The number of halogens is 2. The van der Waals surface area contributed by atoms with Crippen LogP contribution < -0.4 is 5.32 Å². The zero-order valence-corrected chi connectivity index (χ0v) is 12.7. The maximum absolute atomic E-state index is 6.13. The Balaban J connectivity index is 2.15. The van der Waals surface area contributed by atoms with Gasteiger partial charge in [0.2, 0.25) is 0 Å². The van der Waals surface area contributed by atoms with Crippen LogP contribution in [0.4, 0.5) is 5.69 Å². The first-order valence-corrected chi connectivity index (χ1v) is 7.73. The van der Waals surface area contributed by atoms with Gasteiger partial charge in [0.15, 0.2) is 5.17 Å². The molecular formula is C13H16Cl2N2S. The van der Waals surface area contributed by atoms with E-state index in [1.807, 2.05) is 6.07 Å². The molecule has 18 heavy (non-hydrogen) atoms. The Labute approximate surface area is 122 Å². The molecule has 1 atom stereocenters. The molecule has 1 N–H and O–H groups in total. The lowest BCUT2D eigenvalue weighted by Gasteiger charge is -2.23. The van der Waals surface area contributed by atoms with E-state index in [-0.39, 0.29) is 0 Å². The monoisotopic (exact) mass is 302 g/mol. The maximum Gasteiger partial charge on any atom is 0.161 e. The van der Waals surface area contributed by atoms with Gasteiger partial charge in [-0.05, 0) is 30.5 Å². The molecule has 0 aliphatic carbocycles. The van der Waals surface area contributed by atoms with Gasteiger partial charge in [-0.25, -0.2) is 0 Å². The summed E-state index contributed by atoms with van der Waals surface area (Å²) in [5.41, 5.74) is 0.819. The third-order valence-corrected chi connectivity index (χ3v) is 4.36. The van der Waals surface area contributed by atoms with E-state index in [4.69, 9.17) is 28.2 Å². The minimum atomic E-state index is 0.395. The molecule has 5 heteroatoms. The molecule has 1 heterocycles. The van der Waals surface area contributed by atoms with Gasteiger partial charge in [0.1, 0.15) is 0 Å². The van der Waals surface area contributed by atoms with E-state index in [1.54, 1.807) is 23.9 Å². The molecule has 0 spiro atoms. The molecule has 1 aromatic rings. The van der Waals surface area contributed by atoms with E-state index in [1.165, 1.54) is 0 Å². The molecule has 0 saturated carbocycles. The topological polar surface area (TPSA) is 24.4 Å². The van der Waals surface area contributed by atoms with Gasteiger partial charge in [0.25, 0.3) is 0 Å². The van der Waals surface area contributed by atoms with Gasteiger partial charge in [-0.3, -0.25) is 4.99 Å². The summed E-state index contributed by atoms with van der Waals surface area (Å²) in [6, 6.07) is 5.79. The van der Waals surface area contributed by atoms with Crippen molar-refractivity contribution in [3.63, 3.8) is 0 Å². The number of nitrogens with zero attached hydrogens (tertiary/aromatic N) is 1. The molecule has 1 aliphatic heterocycles. The second-order valence-corrected chi connectivity index (χ2v) is 6.56. The quantitative estimate of drug-likeness (QED) is 0.838. The van der Waals surface area contributed by atoms with Gasteiger partial charge in [-0.1, -0.05) is 48.8 Å². The predicted octanol–water partition coefficient (Wildman–Crippen LogP) is 4.92. The second kappa shape index (κ2) is 6.18. The van der Waals surface area contributed by atoms with Crippen LogP contribution >= 0.6 is 35.0 Å². The summed E-state index contributed by atoms with van der Waals surface area (Å²) < 4.78 is 0. The van der Waals surface area contributed by atoms with Crippen molar-refractivity contribution in [3.05, 3.63) is 28.2 Å². The fourth-order valence-electron chi connectivity index (χ4n) is 1.79. The molecule has 0 bridgehead atoms. The zero-order valence-electron chi connectivity index (χ0n) is 10.4. The normalized spacial score (nSPS) is 19.8. The number of hydrogen-bond donors (Lipinski definition) is 1. The van der Waals surface area contributed by atoms with Crippen LogP contribution in [-0.2, 0) is 0 Å². The van der Waals surface area contributed by atoms with Crippen molar-refractivity contribution < 1.29 is 0 Å². The van der Waals surface area contributed by atoms with Crippen molar-refractivity contribution in [2.45, 2.75) is 26.3 Å². The van der Waals surface area contributed by atoms with Gasteiger partial charge in [0.05, 0.1) is 16.8 Å². The fourth-order valence-corrected chi connectivity index (χ4v) is 3.07. The fraction of sp³-hybridized carbons (Fsp3) is 0.462. The largest absolute Gasteiger partial charge is 0.334 e. The summed E-state index contributed by atoms with van der Waals surface area (Å²) in [5, 5.41) is 5.54. The van der Waals surface area contributed by atoms with Crippen LogP contribution in [0.2, 0.25) is 10.0 Å². The van der Waals surface area contributed by atoms with Gasteiger partial charge in [-0.2, -0.15) is 0 Å². The van der Waals surface area contributed by atoms with Crippen LogP contribution in [0, 0.1) is 5.92 Å². The lowest BCUT2D eigenvalue weighted by molar-refractivity contribution is 0.485. The van der Waals surface area contributed by atoms with Gasteiger partial charge in [-0.15, -0.1) is 0 Å². The van der Waals surface area contributed by atoms with E-state index in [2.05, 4.69) is 19.2 Å². The van der Waals surface area contributed by atoms with Crippen LogP contribution in [0.1, 0.15) is 20.3 Å². The van der Waals surface area contributed by atoms with E-state index >= 15 is 0 Å². The minimum Gasteiger partial charge on any atom is -0.334 e. The first kappa shape index (κ1) is 14.0. The number of amidine groups is 1. The number of anilines is 1. The predicted molar refractivity (Wildman–Crippen MR) is 83.2 cm³/mol. The lowest BCUT2D eigenvalue weighted by Crippen LogP contribution is -2.23. The minimum absolute atomic E-state index is 0.395.